The van der Waals surface area contributed by atoms with Gasteiger partial charge in [0.05, 0.1) is 5.56 Å². The molecule has 164 valence electrons. The molecule has 31 heavy (non-hydrogen) atoms. The number of halogens is 3. The molecule has 0 bridgehead atoms. The fourth-order valence-corrected chi connectivity index (χ4v) is 5.38. The highest BCUT2D eigenvalue weighted by Crippen LogP contribution is 2.33. The summed E-state index contributed by atoms with van der Waals surface area (Å²) < 4.78 is 1.72. The van der Waals surface area contributed by atoms with Gasteiger partial charge in [0.15, 0.2) is 0 Å². The van der Waals surface area contributed by atoms with E-state index in [9.17, 15) is 9.59 Å². The van der Waals surface area contributed by atoms with Crippen LogP contribution in [-0.2, 0) is 4.79 Å². The van der Waals surface area contributed by atoms with Crippen molar-refractivity contribution in [3.8, 4) is 0 Å². The van der Waals surface area contributed by atoms with Crippen LogP contribution in [0.5, 0.6) is 0 Å². The topological polar surface area (TPSA) is 52.7 Å². The number of fused-ring (bicyclic) bond motifs is 1. The summed E-state index contributed by atoms with van der Waals surface area (Å²) in [6.45, 7) is 6.06. The molecule has 2 amide bonds. The summed E-state index contributed by atoms with van der Waals surface area (Å²) in [5, 5.41) is 3.58. The fraction of sp³-hybridized carbons (Fsp3) is 0.391. The lowest BCUT2D eigenvalue weighted by Crippen LogP contribution is -2.34. The van der Waals surface area contributed by atoms with Crippen LogP contribution in [-0.4, -0.2) is 54.3 Å². The minimum absolute atomic E-state index is 0.00621. The van der Waals surface area contributed by atoms with Gasteiger partial charge in [-0.25, -0.2) is 0 Å². The Labute approximate surface area is 204 Å². The van der Waals surface area contributed by atoms with Crippen molar-refractivity contribution in [2.75, 3.05) is 38.0 Å². The SMILES string of the molecule is Cc1ccc(NC(=O)CCN2CC3CN(C(=O)c4cc(Br)ccc4Br)CC3C2)cc1Cl. The van der Waals surface area contributed by atoms with E-state index in [1.54, 1.807) is 6.07 Å². The van der Waals surface area contributed by atoms with Crippen LogP contribution >= 0.6 is 43.5 Å². The lowest BCUT2D eigenvalue weighted by Gasteiger charge is -2.22. The van der Waals surface area contributed by atoms with Crippen molar-refractivity contribution in [2.45, 2.75) is 13.3 Å². The number of anilines is 1. The van der Waals surface area contributed by atoms with Crippen molar-refractivity contribution < 1.29 is 9.59 Å². The molecule has 0 radical (unpaired) electrons. The van der Waals surface area contributed by atoms with Gasteiger partial charge in [-0.2, -0.15) is 0 Å². The van der Waals surface area contributed by atoms with E-state index in [1.165, 1.54) is 0 Å². The van der Waals surface area contributed by atoms with Gasteiger partial charge in [0.1, 0.15) is 0 Å². The van der Waals surface area contributed by atoms with E-state index < -0.39 is 0 Å². The predicted octanol–water partition coefficient (Wildman–Crippen LogP) is 5.21. The Morgan fingerprint density at radius 2 is 1.77 bits per heavy atom. The van der Waals surface area contributed by atoms with E-state index in [0.717, 1.165) is 52.9 Å². The molecular formula is C23H24Br2ClN3O2. The number of carbonyl (C=O) groups is 2. The molecule has 8 heteroatoms. The summed E-state index contributed by atoms with van der Waals surface area (Å²) >= 11 is 13.1. The lowest BCUT2D eigenvalue weighted by molar-refractivity contribution is -0.116. The second kappa shape index (κ2) is 9.61. The van der Waals surface area contributed by atoms with Crippen molar-refractivity contribution in [1.82, 2.24) is 9.80 Å². The number of aryl methyl sites for hydroxylation is 1. The molecule has 2 aliphatic heterocycles. The number of hydrogen-bond acceptors (Lipinski definition) is 3. The van der Waals surface area contributed by atoms with Crippen molar-refractivity contribution >= 4 is 61.0 Å². The monoisotopic (exact) mass is 567 g/mol. The number of benzene rings is 2. The van der Waals surface area contributed by atoms with E-state index in [-0.39, 0.29) is 11.8 Å². The molecule has 2 saturated heterocycles. The van der Waals surface area contributed by atoms with Gasteiger partial charge in [0, 0.05) is 58.8 Å². The fourth-order valence-electron chi connectivity index (χ4n) is 4.42. The second-order valence-electron chi connectivity index (χ2n) is 8.38. The summed E-state index contributed by atoms with van der Waals surface area (Å²) in [5.41, 5.74) is 2.41. The third kappa shape index (κ3) is 5.33. The Hall–Kier alpha value is -1.41. The van der Waals surface area contributed by atoms with Gasteiger partial charge in [-0.3, -0.25) is 9.59 Å². The average Bonchev–Trinajstić information content (AvgIpc) is 3.29. The van der Waals surface area contributed by atoms with Gasteiger partial charge in [-0.15, -0.1) is 0 Å². The molecule has 2 aliphatic rings. The Morgan fingerprint density at radius 3 is 2.45 bits per heavy atom. The van der Waals surface area contributed by atoms with Crippen LogP contribution in [0.1, 0.15) is 22.3 Å². The first-order valence-electron chi connectivity index (χ1n) is 10.3. The van der Waals surface area contributed by atoms with E-state index in [2.05, 4.69) is 42.1 Å². The first-order valence-corrected chi connectivity index (χ1v) is 12.3. The maximum atomic E-state index is 13.0. The summed E-state index contributed by atoms with van der Waals surface area (Å²) in [6.07, 6.45) is 0.443. The molecule has 2 heterocycles. The smallest absolute Gasteiger partial charge is 0.255 e. The molecule has 0 aromatic heterocycles. The number of nitrogens with one attached hydrogen (secondary N) is 1. The Balaban J connectivity index is 1.26. The Kier molecular flexibility index (Phi) is 7.06. The molecule has 2 aromatic carbocycles. The van der Waals surface area contributed by atoms with Crippen LogP contribution in [0.3, 0.4) is 0 Å². The summed E-state index contributed by atoms with van der Waals surface area (Å²) in [6, 6.07) is 11.2. The highest BCUT2D eigenvalue weighted by molar-refractivity contribution is 9.11. The summed E-state index contributed by atoms with van der Waals surface area (Å²) in [7, 11) is 0. The zero-order valence-corrected chi connectivity index (χ0v) is 21.1. The van der Waals surface area contributed by atoms with Gasteiger partial charge in [0.2, 0.25) is 5.91 Å². The molecule has 4 rings (SSSR count). The molecule has 0 spiro atoms. The summed E-state index contributed by atoms with van der Waals surface area (Å²) in [4.78, 5) is 29.6. The van der Waals surface area contributed by atoms with Gasteiger partial charge in [-0.1, -0.05) is 33.6 Å². The van der Waals surface area contributed by atoms with Crippen molar-refractivity contribution in [2.24, 2.45) is 11.8 Å². The molecule has 1 N–H and O–H groups in total. The third-order valence-electron chi connectivity index (χ3n) is 6.12. The Morgan fingerprint density at radius 1 is 1.06 bits per heavy atom. The molecule has 2 atom stereocenters. The molecule has 0 saturated carbocycles. The molecule has 0 aliphatic carbocycles. The van der Waals surface area contributed by atoms with Crippen LogP contribution < -0.4 is 5.32 Å². The standard InChI is InChI=1S/C23H24Br2ClN3O2/c1-14-2-4-18(9-21(14)26)27-22(30)6-7-28-10-15-12-29(13-16(15)11-28)23(31)19-8-17(24)3-5-20(19)25/h2-5,8-9,15-16H,6-7,10-13H2,1H3,(H,27,30). The summed E-state index contributed by atoms with van der Waals surface area (Å²) in [5.74, 6) is 1.00. The third-order valence-corrected chi connectivity index (χ3v) is 7.71. The highest BCUT2D eigenvalue weighted by Gasteiger charge is 2.41. The molecule has 2 fully saturated rings. The number of nitrogens with zero attached hydrogens (tertiary/aromatic N) is 2. The van der Waals surface area contributed by atoms with Crippen LogP contribution in [0.15, 0.2) is 45.3 Å². The molecule has 2 aromatic rings. The van der Waals surface area contributed by atoms with Crippen LogP contribution in [0.25, 0.3) is 0 Å². The first kappa shape index (κ1) is 22.8. The van der Waals surface area contributed by atoms with E-state index in [0.29, 0.717) is 28.8 Å². The van der Waals surface area contributed by atoms with Crippen LogP contribution in [0.4, 0.5) is 5.69 Å². The lowest BCUT2D eigenvalue weighted by atomic mass is 10.0. The minimum Gasteiger partial charge on any atom is -0.338 e. The number of carbonyl (C=O) groups excluding carboxylic acids is 2. The van der Waals surface area contributed by atoms with Gasteiger partial charge in [0.25, 0.3) is 5.91 Å². The van der Waals surface area contributed by atoms with E-state index in [1.807, 2.05) is 42.2 Å². The van der Waals surface area contributed by atoms with Gasteiger partial charge in [-0.05, 0) is 70.6 Å². The average molecular weight is 570 g/mol. The highest BCUT2D eigenvalue weighted by atomic mass is 79.9. The zero-order valence-electron chi connectivity index (χ0n) is 17.2. The van der Waals surface area contributed by atoms with Crippen molar-refractivity contribution in [3.05, 3.63) is 61.5 Å². The van der Waals surface area contributed by atoms with Gasteiger partial charge < -0.3 is 15.1 Å². The van der Waals surface area contributed by atoms with Crippen molar-refractivity contribution in [3.63, 3.8) is 0 Å². The largest absolute Gasteiger partial charge is 0.338 e. The maximum absolute atomic E-state index is 13.0. The maximum Gasteiger partial charge on any atom is 0.255 e. The van der Waals surface area contributed by atoms with E-state index >= 15 is 0 Å². The number of amides is 2. The molecule has 5 nitrogen and oxygen atoms in total. The molecular weight excluding hydrogens is 546 g/mol. The van der Waals surface area contributed by atoms with Gasteiger partial charge >= 0.3 is 0 Å². The minimum atomic E-state index is -0.00621. The van der Waals surface area contributed by atoms with Crippen molar-refractivity contribution in [1.29, 1.82) is 0 Å². The Bertz CT molecular complexity index is 1000. The second-order valence-corrected chi connectivity index (χ2v) is 10.6. The zero-order chi connectivity index (χ0) is 22.1. The quantitative estimate of drug-likeness (QED) is 0.538. The predicted molar refractivity (Wildman–Crippen MR) is 131 cm³/mol. The first-order chi connectivity index (χ1) is 14.8. The number of rotatable bonds is 5. The van der Waals surface area contributed by atoms with Crippen LogP contribution in [0, 0.1) is 18.8 Å². The molecule has 2 unspecified atom stereocenters. The van der Waals surface area contributed by atoms with Crippen LogP contribution in [0.2, 0.25) is 5.02 Å². The number of likely N-dealkylation sites (tertiary alicyclic amines) is 2. The number of hydrogen-bond donors (Lipinski definition) is 1. The van der Waals surface area contributed by atoms with E-state index in [4.69, 9.17) is 11.6 Å². The normalized spacial score (nSPS) is 20.7.